The van der Waals surface area contributed by atoms with E-state index in [0.717, 1.165) is 5.69 Å². The lowest BCUT2D eigenvalue weighted by atomic mass is 10.1. The molecule has 122 valence electrons. The fourth-order valence-corrected chi connectivity index (χ4v) is 3.06. The number of aromatic amines is 1. The fraction of sp³-hybridized carbons (Fsp3) is 0.250. The molecule has 0 fully saturated rings. The predicted molar refractivity (Wildman–Crippen MR) is 87.3 cm³/mol. The van der Waals surface area contributed by atoms with Crippen molar-refractivity contribution < 1.29 is 9.59 Å². The Bertz CT molecular complexity index is 955. The minimum Gasteiger partial charge on any atom is -0.279 e. The predicted octanol–water partition coefficient (Wildman–Crippen LogP) is 2.42. The molecule has 1 unspecified atom stereocenters. The highest BCUT2D eigenvalue weighted by Crippen LogP contribution is 2.26. The Morgan fingerprint density at radius 3 is 2.42 bits per heavy atom. The lowest BCUT2D eigenvalue weighted by Crippen LogP contribution is -2.33. The summed E-state index contributed by atoms with van der Waals surface area (Å²) < 4.78 is 1.51. The molecule has 1 aliphatic heterocycles. The Balaban J connectivity index is 1.61. The molecule has 3 heterocycles. The van der Waals surface area contributed by atoms with Crippen LogP contribution < -0.4 is 0 Å². The summed E-state index contributed by atoms with van der Waals surface area (Å²) in [5, 5.41) is 7.86. The zero-order chi connectivity index (χ0) is 17.0. The van der Waals surface area contributed by atoms with E-state index in [-0.39, 0.29) is 24.3 Å². The monoisotopic (exact) mass is 343 g/mol. The van der Waals surface area contributed by atoms with Gasteiger partial charge in [0.05, 0.1) is 16.8 Å². The van der Waals surface area contributed by atoms with Gasteiger partial charge < -0.3 is 0 Å². The van der Waals surface area contributed by atoms with Crippen LogP contribution in [0.2, 0.25) is 5.02 Å². The number of aromatic nitrogens is 4. The second-order valence-electron chi connectivity index (χ2n) is 5.92. The van der Waals surface area contributed by atoms with E-state index in [1.165, 1.54) is 9.53 Å². The van der Waals surface area contributed by atoms with Crippen LogP contribution in [-0.4, -0.2) is 43.1 Å². The van der Waals surface area contributed by atoms with Gasteiger partial charge in [0.15, 0.2) is 11.5 Å². The van der Waals surface area contributed by atoms with Crippen LogP contribution in [0.5, 0.6) is 0 Å². The van der Waals surface area contributed by atoms with Crippen LogP contribution in [0, 0.1) is 6.92 Å². The number of carbonyl (C=O) groups is 2. The number of rotatable bonds is 3. The number of hydrogen-bond acceptors (Lipinski definition) is 4. The first-order chi connectivity index (χ1) is 11.5. The molecule has 0 spiro atoms. The largest absolute Gasteiger partial charge is 0.279 e. The van der Waals surface area contributed by atoms with Crippen LogP contribution in [-0.2, 0) is 0 Å². The van der Waals surface area contributed by atoms with E-state index in [1.807, 2.05) is 13.8 Å². The van der Waals surface area contributed by atoms with Crippen molar-refractivity contribution in [2.75, 3.05) is 6.54 Å². The molecular formula is C16H14ClN5O2. The molecular weight excluding hydrogens is 330 g/mol. The number of hydrogen-bond donors (Lipinski definition) is 1. The van der Waals surface area contributed by atoms with Gasteiger partial charge in [0, 0.05) is 12.5 Å². The summed E-state index contributed by atoms with van der Waals surface area (Å²) in [5.74, 6) is -0.237. The summed E-state index contributed by atoms with van der Waals surface area (Å²) in [6.07, 6.45) is 0. The van der Waals surface area contributed by atoms with Gasteiger partial charge in [0.2, 0.25) is 0 Å². The zero-order valence-corrected chi connectivity index (χ0v) is 13.8. The summed E-state index contributed by atoms with van der Waals surface area (Å²) in [6, 6.07) is 6.84. The van der Waals surface area contributed by atoms with E-state index in [1.54, 1.807) is 24.3 Å². The van der Waals surface area contributed by atoms with E-state index in [9.17, 15) is 9.59 Å². The number of nitrogens with zero attached hydrogens (tertiary/aromatic N) is 4. The van der Waals surface area contributed by atoms with Crippen molar-refractivity contribution >= 4 is 29.1 Å². The highest BCUT2D eigenvalue weighted by atomic mass is 35.5. The Labute approximate surface area is 142 Å². The fourth-order valence-electron chi connectivity index (χ4n) is 2.89. The van der Waals surface area contributed by atoms with E-state index in [0.29, 0.717) is 27.6 Å². The molecule has 1 atom stereocenters. The smallest absolute Gasteiger partial charge is 0.261 e. The molecule has 1 aromatic carbocycles. The average molecular weight is 344 g/mol. The van der Waals surface area contributed by atoms with Crippen molar-refractivity contribution in [3.8, 4) is 0 Å². The number of nitrogens with one attached hydrogen (secondary N) is 1. The van der Waals surface area contributed by atoms with Gasteiger partial charge in [-0.25, -0.2) is 4.98 Å². The Morgan fingerprint density at radius 2 is 1.83 bits per heavy atom. The highest BCUT2D eigenvalue weighted by Gasteiger charge is 2.36. The van der Waals surface area contributed by atoms with Crippen LogP contribution in [0.25, 0.3) is 5.65 Å². The third-order valence-corrected chi connectivity index (χ3v) is 4.65. The van der Waals surface area contributed by atoms with Gasteiger partial charge in [0.25, 0.3) is 11.8 Å². The number of amides is 2. The first kappa shape index (κ1) is 14.9. The van der Waals surface area contributed by atoms with Gasteiger partial charge in [-0.2, -0.15) is 4.63 Å². The first-order valence-corrected chi connectivity index (χ1v) is 7.91. The molecule has 3 aromatic rings. The molecule has 0 saturated heterocycles. The lowest BCUT2D eigenvalue weighted by Gasteiger charge is -2.17. The number of benzene rings is 1. The Hall–Kier alpha value is -2.67. The summed E-state index contributed by atoms with van der Waals surface area (Å²) in [4.78, 5) is 30.5. The SMILES string of the molecule is Cc1[nH]n2nc(C(C)CN3C(=O)c4ccccc4C3=O)nc2c1Cl. The maximum absolute atomic E-state index is 12.4. The number of halogens is 1. The van der Waals surface area contributed by atoms with Crippen molar-refractivity contribution in [2.24, 2.45) is 0 Å². The Kier molecular flexibility index (Phi) is 3.21. The molecule has 1 aliphatic rings. The normalized spacial score (nSPS) is 15.4. The van der Waals surface area contributed by atoms with Crippen molar-refractivity contribution in [1.82, 2.24) is 24.7 Å². The number of carbonyl (C=O) groups excluding carboxylic acids is 2. The topological polar surface area (TPSA) is 83.4 Å². The van der Waals surface area contributed by atoms with E-state index in [2.05, 4.69) is 15.2 Å². The summed E-state index contributed by atoms with van der Waals surface area (Å²) in [5.41, 5.74) is 2.21. The molecule has 0 radical (unpaired) electrons. The molecule has 4 rings (SSSR count). The molecule has 1 N–H and O–H groups in total. The quantitative estimate of drug-likeness (QED) is 0.740. The third-order valence-electron chi connectivity index (χ3n) is 4.20. The van der Waals surface area contributed by atoms with E-state index in [4.69, 9.17) is 11.6 Å². The van der Waals surface area contributed by atoms with Gasteiger partial charge in [-0.3, -0.25) is 19.6 Å². The van der Waals surface area contributed by atoms with Crippen LogP contribution >= 0.6 is 11.6 Å². The van der Waals surface area contributed by atoms with Gasteiger partial charge in [0.1, 0.15) is 5.02 Å². The summed E-state index contributed by atoms with van der Waals surface area (Å²) in [6.45, 7) is 3.93. The Morgan fingerprint density at radius 1 is 1.21 bits per heavy atom. The standard InChI is InChI=1S/C16H14ClN5O2/c1-8(13-18-14-12(17)9(2)19-22(14)20-13)7-21-15(23)10-5-3-4-6-11(10)16(21)24/h3-6,8,19H,7H2,1-2H3. The minimum atomic E-state index is -0.277. The molecule has 24 heavy (non-hydrogen) atoms. The summed E-state index contributed by atoms with van der Waals surface area (Å²) in [7, 11) is 0. The van der Waals surface area contributed by atoms with Crippen molar-refractivity contribution in [2.45, 2.75) is 19.8 Å². The number of aryl methyl sites for hydroxylation is 1. The number of fused-ring (bicyclic) bond motifs is 2. The zero-order valence-electron chi connectivity index (χ0n) is 13.1. The lowest BCUT2D eigenvalue weighted by molar-refractivity contribution is 0.0645. The number of imide groups is 1. The van der Waals surface area contributed by atoms with Gasteiger partial charge >= 0.3 is 0 Å². The van der Waals surface area contributed by atoms with Crippen LogP contribution in [0.1, 0.15) is 45.1 Å². The second kappa shape index (κ2) is 5.17. The van der Waals surface area contributed by atoms with E-state index < -0.39 is 0 Å². The van der Waals surface area contributed by atoms with Crippen molar-refractivity contribution in [1.29, 1.82) is 0 Å². The summed E-state index contributed by atoms with van der Waals surface area (Å²) >= 11 is 6.16. The highest BCUT2D eigenvalue weighted by molar-refractivity contribution is 6.34. The molecule has 0 bridgehead atoms. The maximum atomic E-state index is 12.4. The van der Waals surface area contributed by atoms with Crippen LogP contribution in [0.3, 0.4) is 0 Å². The first-order valence-electron chi connectivity index (χ1n) is 7.53. The molecule has 2 amide bonds. The second-order valence-corrected chi connectivity index (χ2v) is 6.30. The van der Waals surface area contributed by atoms with Crippen LogP contribution in [0.4, 0.5) is 0 Å². The third kappa shape index (κ3) is 2.05. The molecule has 0 saturated carbocycles. The van der Waals surface area contributed by atoms with Crippen molar-refractivity contribution in [3.63, 3.8) is 0 Å². The van der Waals surface area contributed by atoms with Crippen LogP contribution in [0.15, 0.2) is 24.3 Å². The van der Waals surface area contributed by atoms with Crippen molar-refractivity contribution in [3.05, 3.63) is 51.9 Å². The molecule has 0 aliphatic carbocycles. The maximum Gasteiger partial charge on any atom is 0.261 e. The van der Waals surface area contributed by atoms with Gasteiger partial charge in [-0.15, -0.1) is 5.10 Å². The molecule has 2 aromatic heterocycles. The molecule has 7 nitrogen and oxygen atoms in total. The van der Waals surface area contributed by atoms with Gasteiger partial charge in [-0.1, -0.05) is 30.7 Å². The van der Waals surface area contributed by atoms with Gasteiger partial charge in [-0.05, 0) is 19.1 Å². The van der Waals surface area contributed by atoms with E-state index >= 15 is 0 Å². The molecule has 8 heteroatoms. The average Bonchev–Trinajstić information content (AvgIpc) is 3.18. The minimum absolute atomic E-state index is 0.211. The number of H-pyrrole nitrogens is 1.